The zero-order chi connectivity index (χ0) is 18.0. The Labute approximate surface area is 143 Å². The Morgan fingerprint density at radius 2 is 2.16 bits per heavy atom. The molecule has 0 aliphatic heterocycles. The van der Waals surface area contributed by atoms with Gasteiger partial charge in [0.25, 0.3) is 0 Å². The number of nitrogens with one attached hydrogen (secondary N) is 1. The van der Waals surface area contributed by atoms with Gasteiger partial charge in [0.05, 0.1) is 10.4 Å². The van der Waals surface area contributed by atoms with Gasteiger partial charge in [0.15, 0.2) is 0 Å². The van der Waals surface area contributed by atoms with E-state index in [1.807, 2.05) is 37.3 Å². The molecule has 1 aromatic carbocycles. The lowest BCUT2D eigenvalue weighted by molar-refractivity contribution is -0.385. The third kappa shape index (κ3) is 3.47. The van der Waals surface area contributed by atoms with Crippen LogP contribution < -0.4 is 5.32 Å². The van der Waals surface area contributed by atoms with Crippen molar-refractivity contribution in [2.75, 3.05) is 0 Å². The first kappa shape index (κ1) is 16.6. The van der Waals surface area contributed by atoms with E-state index in [2.05, 4.69) is 15.4 Å². The van der Waals surface area contributed by atoms with E-state index in [1.165, 1.54) is 10.9 Å². The summed E-state index contributed by atoms with van der Waals surface area (Å²) >= 11 is 0. The van der Waals surface area contributed by atoms with Gasteiger partial charge in [0.2, 0.25) is 5.91 Å². The molecule has 0 bridgehead atoms. The maximum absolute atomic E-state index is 12.4. The number of aryl methyl sites for hydroxylation is 1. The summed E-state index contributed by atoms with van der Waals surface area (Å²) in [5.41, 5.74) is 2.58. The van der Waals surface area contributed by atoms with E-state index in [0.29, 0.717) is 6.54 Å². The van der Waals surface area contributed by atoms with Crippen LogP contribution in [0.1, 0.15) is 24.2 Å². The summed E-state index contributed by atoms with van der Waals surface area (Å²) in [5.74, 6) is -0.267. The number of carbonyl (C=O) groups excluding carboxylic acids is 1. The number of amides is 1. The van der Waals surface area contributed by atoms with Crippen molar-refractivity contribution < 1.29 is 9.72 Å². The van der Waals surface area contributed by atoms with Crippen molar-refractivity contribution in [1.82, 2.24) is 20.1 Å². The highest BCUT2D eigenvalue weighted by Crippen LogP contribution is 2.18. The largest absolute Gasteiger partial charge is 0.350 e. The molecule has 25 heavy (non-hydrogen) atoms. The molecule has 2 heterocycles. The van der Waals surface area contributed by atoms with Crippen LogP contribution in [0.3, 0.4) is 0 Å². The molecule has 0 saturated carbocycles. The molecule has 1 atom stereocenters. The SMILES string of the molecule is Cc1cc(CNC(=O)[C@@H](C)n2cc([N+](=O)[O-])cn2)c2ccccc2n1. The first-order valence-electron chi connectivity index (χ1n) is 7.77. The van der Waals surface area contributed by atoms with E-state index < -0.39 is 11.0 Å². The number of hydrogen-bond donors (Lipinski definition) is 1. The molecule has 1 amide bonds. The number of hydrogen-bond acceptors (Lipinski definition) is 5. The number of carbonyl (C=O) groups is 1. The van der Waals surface area contributed by atoms with E-state index in [0.717, 1.165) is 28.4 Å². The number of rotatable bonds is 5. The minimum Gasteiger partial charge on any atom is -0.350 e. The van der Waals surface area contributed by atoms with Gasteiger partial charge in [-0.15, -0.1) is 0 Å². The Bertz CT molecular complexity index is 950. The van der Waals surface area contributed by atoms with Crippen LogP contribution in [0.2, 0.25) is 0 Å². The van der Waals surface area contributed by atoms with Crippen LogP contribution in [0.15, 0.2) is 42.7 Å². The monoisotopic (exact) mass is 339 g/mol. The molecular formula is C17H17N5O3. The lowest BCUT2D eigenvalue weighted by Gasteiger charge is -2.13. The standard InChI is InChI=1S/C17H17N5O3/c1-11-7-13(15-5-3-4-6-16(15)20-11)8-18-17(23)12(2)21-10-14(9-19-21)22(24)25/h3-7,9-10,12H,8H2,1-2H3,(H,18,23)/t12-/m1/s1. The predicted molar refractivity (Wildman–Crippen MR) is 91.9 cm³/mol. The summed E-state index contributed by atoms with van der Waals surface area (Å²) in [5, 5.41) is 18.4. The minimum atomic E-state index is -0.650. The summed E-state index contributed by atoms with van der Waals surface area (Å²) in [6.45, 7) is 3.89. The summed E-state index contributed by atoms with van der Waals surface area (Å²) in [6, 6.07) is 9.03. The van der Waals surface area contributed by atoms with Crippen molar-refractivity contribution in [3.8, 4) is 0 Å². The van der Waals surface area contributed by atoms with Gasteiger partial charge < -0.3 is 5.32 Å². The number of benzene rings is 1. The van der Waals surface area contributed by atoms with Gasteiger partial charge in [-0.1, -0.05) is 18.2 Å². The van der Waals surface area contributed by atoms with Crippen molar-refractivity contribution in [2.24, 2.45) is 0 Å². The second-order valence-corrected chi connectivity index (χ2v) is 5.77. The lowest BCUT2D eigenvalue weighted by Crippen LogP contribution is -2.31. The molecule has 3 aromatic rings. The van der Waals surface area contributed by atoms with E-state index in [9.17, 15) is 14.9 Å². The van der Waals surface area contributed by atoms with Crippen LogP contribution in [-0.2, 0) is 11.3 Å². The van der Waals surface area contributed by atoms with Crippen LogP contribution in [0.4, 0.5) is 5.69 Å². The average Bonchev–Trinajstić information content (AvgIpc) is 3.08. The first-order valence-corrected chi connectivity index (χ1v) is 7.77. The maximum atomic E-state index is 12.4. The van der Waals surface area contributed by atoms with Crippen molar-refractivity contribution in [2.45, 2.75) is 26.4 Å². The molecule has 3 rings (SSSR count). The molecule has 0 unspecified atom stereocenters. The molecular weight excluding hydrogens is 322 g/mol. The number of fused-ring (bicyclic) bond motifs is 1. The molecule has 128 valence electrons. The van der Waals surface area contributed by atoms with E-state index >= 15 is 0 Å². The summed E-state index contributed by atoms with van der Waals surface area (Å²) < 4.78 is 1.28. The highest BCUT2D eigenvalue weighted by molar-refractivity contribution is 5.84. The Hall–Kier alpha value is -3.29. The number of para-hydroxylation sites is 1. The smallest absolute Gasteiger partial charge is 0.307 e. The van der Waals surface area contributed by atoms with Crippen molar-refractivity contribution >= 4 is 22.5 Å². The summed E-state index contributed by atoms with van der Waals surface area (Å²) in [4.78, 5) is 27.0. The second kappa shape index (κ2) is 6.68. The maximum Gasteiger partial charge on any atom is 0.307 e. The molecule has 0 aliphatic rings. The fraction of sp³-hybridized carbons (Fsp3) is 0.235. The van der Waals surface area contributed by atoms with Crippen molar-refractivity contribution in [1.29, 1.82) is 0 Å². The molecule has 0 aliphatic carbocycles. The molecule has 0 spiro atoms. The van der Waals surface area contributed by atoms with Crippen LogP contribution in [0.25, 0.3) is 10.9 Å². The number of aromatic nitrogens is 3. The molecule has 0 fully saturated rings. The minimum absolute atomic E-state index is 0.143. The van der Waals surface area contributed by atoms with Gasteiger partial charge in [-0.2, -0.15) is 5.10 Å². The van der Waals surface area contributed by atoms with Gasteiger partial charge in [-0.05, 0) is 31.5 Å². The predicted octanol–water partition coefficient (Wildman–Crippen LogP) is 2.53. The number of pyridine rings is 1. The summed E-state index contributed by atoms with van der Waals surface area (Å²) in [6.07, 6.45) is 2.37. The van der Waals surface area contributed by atoms with Gasteiger partial charge in [-0.25, -0.2) is 0 Å². The Morgan fingerprint density at radius 3 is 2.88 bits per heavy atom. The Balaban J connectivity index is 1.74. The molecule has 8 nitrogen and oxygen atoms in total. The lowest BCUT2D eigenvalue weighted by atomic mass is 10.1. The van der Waals surface area contributed by atoms with Crippen LogP contribution in [0, 0.1) is 17.0 Å². The number of nitrogens with zero attached hydrogens (tertiary/aromatic N) is 4. The quantitative estimate of drug-likeness (QED) is 0.568. The van der Waals surface area contributed by atoms with Gasteiger partial charge in [0.1, 0.15) is 18.4 Å². The molecule has 0 saturated heterocycles. The molecule has 1 N–H and O–H groups in total. The fourth-order valence-corrected chi connectivity index (χ4v) is 2.63. The highest BCUT2D eigenvalue weighted by atomic mass is 16.6. The molecule has 8 heteroatoms. The number of nitro groups is 1. The van der Waals surface area contributed by atoms with Crippen LogP contribution in [-0.4, -0.2) is 25.6 Å². The van der Waals surface area contributed by atoms with Crippen molar-refractivity contribution in [3.05, 3.63) is 64.1 Å². The zero-order valence-electron chi connectivity index (χ0n) is 13.8. The van der Waals surface area contributed by atoms with Crippen LogP contribution in [0.5, 0.6) is 0 Å². The van der Waals surface area contributed by atoms with Crippen LogP contribution >= 0.6 is 0 Å². The van der Waals surface area contributed by atoms with E-state index in [-0.39, 0.29) is 11.6 Å². The zero-order valence-corrected chi connectivity index (χ0v) is 13.8. The third-order valence-electron chi connectivity index (χ3n) is 3.96. The van der Waals surface area contributed by atoms with Crippen molar-refractivity contribution in [3.63, 3.8) is 0 Å². The van der Waals surface area contributed by atoms with E-state index in [4.69, 9.17) is 0 Å². The van der Waals surface area contributed by atoms with Gasteiger partial charge in [-0.3, -0.25) is 24.6 Å². The second-order valence-electron chi connectivity index (χ2n) is 5.77. The van der Waals surface area contributed by atoms with Gasteiger partial charge >= 0.3 is 5.69 Å². The highest BCUT2D eigenvalue weighted by Gasteiger charge is 2.19. The Kier molecular flexibility index (Phi) is 4.42. The fourth-order valence-electron chi connectivity index (χ4n) is 2.63. The Morgan fingerprint density at radius 1 is 1.40 bits per heavy atom. The van der Waals surface area contributed by atoms with Gasteiger partial charge in [0, 0.05) is 17.6 Å². The summed E-state index contributed by atoms with van der Waals surface area (Å²) in [7, 11) is 0. The molecule has 0 radical (unpaired) electrons. The first-order chi connectivity index (χ1) is 12.0. The third-order valence-corrected chi connectivity index (χ3v) is 3.96. The van der Waals surface area contributed by atoms with E-state index in [1.54, 1.807) is 6.92 Å². The normalized spacial score (nSPS) is 12.1. The topological polar surface area (TPSA) is 103 Å². The average molecular weight is 339 g/mol. The molecule has 2 aromatic heterocycles.